The van der Waals surface area contributed by atoms with Crippen molar-refractivity contribution in [2.45, 2.75) is 17.9 Å². The number of carbonyl (C=O) groups excluding carboxylic acids is 1. The summed E-state index contributed by atoms with van der Waals surface area (Å²) >= 11 is 3.30. The molecule has 3 rings (SSSR count). The van der Waals surface area contributed by atoms with Crippen molar-refractivity contribution in [3.05, 3.63) is 52.5 Å². The van der Waals surface area contributed by atoms with Crippen LogP contribution in [0.4, 0.5) is 5.69 Å². The number of hydrogen-bond donors (Lipinski definition) is 1. The number of rotatable bonds is 3. The van der Waals surface area contributed by atoms with Crippen LogP contribution >= 0.6 is 15.9 Å². The van der Waals surface area contributed by atoms with Gasteiger partial charge >= 0.3 is 0 Å². The van der Waals surface area contributed by atoms with Crippen molar-refractivity contribution < 1.29 is 17.9 Å². The number of benzene rings is 2. The number of para-hydroxylation sites is 2. The largest absolute Gasteiger partial charge is 0.476 e. The summed E-state index contributed by atoms with van der Waals surface area (Å²) < 4.78 is 33.7. The zero-order valence-electron chi connectivity index (χ0n) is 12.8. The minimum absolute atomic E-state index is 0.164. The Labute approximate surface area is 148 Å². The van der Waals surface area contributed by atoms with Crippen LogP contribution in [-0.4, -0.2) is 27.0 Å². The second-order valence-electron chi connectivity index (χ2n) is 5.42. The molecule has 2 N–H and O–H groups in total. The van der Waals surface area contributed by atoms with Crippen LogP contribution in [0.1, 0.15) is 5.56 Å². The molecule has 0 fully saturated rings. The van der Waals surface area contributed by atoms with Gasteiger partial charge in [-0.3, -0.25) is 9.10 Å². The number of nitrogens with zero attached hydrogens (tertiary/aromatic N) is 1. The molecule has 0 saturated heterocycles. The molecule has 2 aromatic carbocycles. The molecule has 1 heterocycles. The summed E-state index contributed by atoms with van der Waals surface area (Å²) in [6, 6.07) is 11.7. The standard InChI is InChI=1S/C16H15BrN2O4S/c1-10-6-7-11(17)8-15(10)24(21,22)19-9-14(16(18)20)23-13-5-3-2-4-12(13)19/h2-8,14H,9H2,1H3,(H2,18,20). The molecule has 6 nitrogen and oxygen atoms in total. The minimum atomic E-state index is -3.88. The molecule has 1 amide bonds. The Kier molecular flexibility index (Phi) is 4.27. The van der Waals surface area contributed by atoms with Crippen LogP contribution in [0, 0.1) is 6.92 Å². The van der Waals surface area contributed by atoms with Gasteiger partial charge in [0.15, 0.2) is 6.10 Å². The molecule has 8 heteroatoms. The van der Waals surface area contributed by atoms with Crippen LogP contribution in [0.25, 0.3) is 0 Å². The van der Waals surface area contributed by atoms with E-state index in [4.69, 9.17) is 10.5 Å². The SMILES string of the molecule is Cc1ccc(Br)cc1S(=O)(=O)N1CC(C(N)=O)Oc2ccccc21. The molecular weight excluding hydrogens is 396 g/mol. The zero-order chi connectivity index (χ0) is 17.5. The van der Waals surface area contributed by atoms with E-state index in [1.165, 1.54) is 4.31 Å². The van der Waals surface area contributed by atoms with E-state index in [0.717, 1.165) is 0 Å². The molecule has 1 unspecified atom stereocenters. The summed E-state index contributed by atoms with van der Waals surface area (Å²) in [5.41, 5.74) is 6.32. The van der Waals surface area contributed by atoms with Gasteiger partial charge in [-0.15, -0.1) is 0 Å². The maximum Gasteiger partial charge on any atom is 0.264 e. The van der Waals surface area contributed by atoms with Crippen LogP contribution in [0.3, 0.4) is 0 Å². The lowest BCUT2D eigenvalue weighted by Gasteiger charge is -2.34. The third-order valence-electron chi connectivity index (χ3n) is 3.77. The van der Waals surface area contributed by atoms with Crippen LogP contribution in [0.2, 0.25) is 0 Å². The molecule has 24 heavy (non-hydrogen) atoms. The number of amides is 1. The first-order valence-corrected chi connectivity index (χ1v) is 9.38. The van der Waals surface area contributed by atoms with E-state index in [1.807, 2.05) is 0 Å². The summed E-state index contributed by atoms with van der Waals surface area (Å²) in [6.07, 6.45) is -1.04. The smallest absolute Gasteiger partial charge is 0.264 e. The summed E-state index contributed by atoms with van der Waals surface area (Å²) in [5, 5.41) is 0. The van der Waals surface area contributed by atoms with Gasteiger partial charge in [0.25, 0.3) is 15.9 Å². The van der Waals surface area contributed by atoms with Gasteiger partial charge in [0.1, 0.15) is 5.75 Å². The molecular formula is C16H15BrN2O4S. The molecule has 0 aromatic heterocycles. The average molecular weight is 411 g/mol. The Hall–Kier alpha value is -2.06. The third-order valence-corrected chi connectivity index (χ3v) is 6.19. The number of sulfonamides is 1. The second-order valence-corrected chi connectivity index (χ2v) is 8.17. The number of halogens is 1. The second kappa shape index (κ2) is 6.10. The number of hydrogen-bond acceptors (Lipinski definition) is 4. The van der Waals surface area contributed by atoms with Crippen molar-refractivity contribution in [2.75, 3.05) is 10.8 Å². The lowest BCUT2D eigenvalue weighted by atomic mass is 10.2. The Balaban J connectivity index is 2.16. The first-order chi connectivity index (χ1) is 11.3. The van der Waals surface area contributed by atoms with Crippen LogP contribution in [0.15, 0.2) is 51.8 Å². The fourth-order valence-electron chi connectivity index (χ4n) is 2.55. The van der Waals surface area contributed by atoms with Crippen molar-refractivity contribution in [1.29, 1.82) is 0 Å². The van der Waals surface area contributed by atoms with Crippen molar-refractivity contribution >= 4 is 37.5 Å². The van der Waals surface area contributed by atoms with E-state index in [2.05, 4.69) is 15.9 Å². The lowest BCUT2D eigenvalue weighted by Crippen LogP contribution is -2.49. The zero-order valence-corrected chi connectivity index (χ0v) is 15.2. The lowest BCUT2D eigenvalue weighted by molar-refractivity contribution is -0.124. The van der Waals surface area contributed by atoms with Gasteiger partial charge in [-0.2, -0.15) is 0 Å². The first-order valence-electron chi connectivity index (χ1n) is 7.14. The van der Waals surface area contributed by atoms with Gasteiger partial charge in [0.2, 0.25) is 0 Å². The number of carbonyl (C=O) groups is 1. The number of ether oxygens (including phenoxy) is 1. The highest BCUT2D eigenvalue weighted by Crippen LogP contribution is 2.37. The third kappa shape index (κ3) is 2.87. The fraction of sp³-hybridized carbons (Fsp3) is 0.188. The summed E-state index contributed by atoms with van der Waals surface area (Å²) in [4.78, 5) is 11.7. The molecule has 2 aromatic rings. The number of fused-ring (bicyclic) bond motifs is 1. The van der Waals surface area contributed by atoms with E-state index in [9.17, 15) is 13.2 Å². The predicted molar refractivity (Wildman–Crippen MR) is 93.5 cm³/mol. The Morgan fingerprint density at radius 1 is 1.29 bits per heavy atom. The van der Waals surface area contributed by atoms with Crippen LogP contribution in [0.5, 0.6) is 5.75 Å². The number of nitrogens with two attached hydrogens (primary N) is 1. The summed E-state index contributed by atoms with van der Waals surface area (Å²) in [7, 11) is -3.88. The minimum Gasteiger partial charge on any atom is -0.476 e. The molecule has 0 radical (unpaired) electrons. The highest BCUT2D eigenvalue weighted by Gasteiger charge is 2.37. The molecule has 0 saturated carbocycles. The number of primary amides is 1. The highest BCUT2D eigenvalue weighted by molar-refractivity contribution is 9.10. The molecule has 126 valence electrons. The maximum atomic E-state index is 13.2. The first kappa shape index (κ1) is 16.8. The number of anilines is 1. The van der Waals surface area contributed by atoms with Crippen molar-refractivity contribution in [1.82, 2.24) is 0 Å². The average Bonchev–Trinajstić information content (AvgIpc) is 2.55. The highest BCUT2D eigenvalue weighted by atomic mass is 79.9. The van der Waals surface area contributed by atoms with E-state index in [0.29, 0.717) is 21.5 Å². The summed E-state index contributed by atoms with van der Waals surface area (Å²) in [6.45, 7) is 1.55. The maximum absolute atomic E-state index is 13.2. The van der Waals surface area contributed by atoms with E-state index in [1.54, 1.807) is 49.4 Å². The quantitative estimate of drug-likeness (QED) is 0.839. The monoisotopic (exact) mass is 410 g/mol. The Morgan fingerprint density at radius 3 is 2.71 bits per heavy atom. The Morgan fingerprint density at radius 2 is 2.00 bits per heavy atom. The summed E-state index contributed by atoms with van der Waals surface area (Å²) in [5.74, 6) is -0.403. The fourth-order valence-corrected chi connectivity index (χ4v) is 4.79. The van der Waals surface area contributed by atoms with Gasteiger partial charge in [-0.25, -0.2) is 8.42 Å². The Bertz CT molecular complexity index is 914. The van der Waals surface area contributed by atoms with Crippen molar-refractivity contribution in [3.8, 4) is 5.75 Å². The van der Waals surface area contributed by atoms with Gasteiger partial charge in [0, 0.05) is 4.47 Å². The normalized spacial score (nSPS) is 17.1. The predicted octanol–water partition coefficient (Wildman–Crippen LogP) is 2.20. The van der Waals surface area contributed by atoms with E-state index in [-0.39, 0.29) is 11.4 Å². The van der Waals surface area contributed by atoms with Gasteiger partial charge < -0.3 is 10.5 Å². The van der Waals surface area contributed by atoms with Gasteiger partial charge in [-0.1, -0.05) is 34.1 Å². The van der Waals surface area contributed by atoms with Crippen LogP contribution < -0.4 is 14.8 Å². The molecule has 0 bridgehead atoms. The van der Waals surface area contributed by atoms with Gasteiger partial charge in [0.05, 0.1) is 17.1 Å². The van der Waals surface area contributed by atoms with Crippen molar-refractivity contribution in [2.24, 2.45) is 5.73 Å². The van der Waals surface area contributed by atoms with E-state index >= 15 is 0 Å². The molecule has 1 atom stereocenters. The van der Waals surface area contributed by atoms with E-state index < -0.39 is 22.0 Å². The molecule has 1 aliphatic rings. The molecule has 1 aliphatic heterocycles. The topological polar surface area (TPSA) is 89.7 Å². The van der Waals surface area contributed by atoms with Crippen LogP contribution in [-0.2, 0) is 14.8 Å². The molecule has 0 spiro atoms. The van der Waals surface area contributed by atoms with Gasteiger partial charge in [-0.05, 0) is 36.8 Å². The number of aryl methyl sites for hydroxylation is 1. The van der Waals surface area contributed by atoms with Crippen molar-refractivity contribution in [3.63, 3.8) is 0 Å². The molecule has 0 aliphatic carbocycles.